The molecule has 0 aliphatic carbocycles. The highest BCUT2D eigenvalue weighted by Crippen LogP contribution is 2.34. The number of fused-ring (bicyclic) bond motifs is 1. The van der Waals surface area contributed by atoms with E-state index in [1.54, 1.807) is 36.4 Å². The molecule has 0 saturated heterocycles. The highest BCUT2D eigenvalue weighted by molar-refractivity contribution is 6.16. The van der Waals surface area contributed by atoms with Gasteiger partial charge >= 0.3 is 6.18 Å². The Balaban J connectivity index is 1.74. The number of halogens is 4. The van der Waals surface area contributed by atoms with Gasteiger partial charge in [-0.1, -0.05) is 47.6 Å². The van der Waals surface area contributed by atoms with Crippen molar-refractivity contribution in [2.75, 3.05) is 0 Å². The molecule has 0 spiro atoms. The van der Waals surface area contributed by atoms with Crippen molar-refractivity contribution < 1.29 is 36.5 Å². The number of amides is 2. The number of carbonyl (C=O) groups excluding carboxylic acids is 3. The summed E-state index contributed by atoms with van der Waals surface area (Å²) in [7, 11) is 0. The van der Waals surface area contributed by atoms with Gasteiger partial charge in [-0.05, 0) is 19.4 Å². The van der Waals surface area contributed by atoms with Crippen LogP contribution in [0.4, 0.5) is 17.6 Å². The Hall–Kier alpha value is -4.35. The van der Waals surface area contributed by atoms with E-state index in [1.807, 2.05) is 0 Å². The second kappa shape index (κ2) is 11.2. The second-order valence-electron chi connectivity index (χ2n) is 9.16. The summed E-state index contributed by atoms with van der Waals surface area (Å²) in [5, 5.41) is 6.03. The van der Waals surface area contributed by atoms with Gasteiger partial charge in [-0.3, -0.25) is 19.4 Å². The minimum Gasteiger partial charge on any atom is -0.369 e. The molecule has 0 bridgehead atoms. The van der Waals surface area contributed by atoms with Crippen LogP contribution in [-0.4, -0.2) is 40.8 Å². The predicted octanol–water partition coefficient (Wildman–Crippen LogP) is 3.75. The smallest absolute Gasteiger partial charge is 0.369 e. The summed E-state index contributed by atoms with van der Waals surface area (Å²) >= 11 is 0. The Morgan fingerprint density at radius 3 is 2.49 bits per heavy atom. The highest BCUT2D eigenvalue weighted by Gasteiger charge is 2.40. The lowest BCUT2D eigenvalue weighted by molar-refractivity contribution is -0.144. The summed E-state index contributed by atoms with van der Waals surface area (Å²) in [5.41, 5.74) is 6.92. The van der Waals surface area contributed by atoms with Crippen LogP contribution in [0.25, 0.3) is 0 Å². The van der Waals surface area contributed by atoms with Crippen molar-refractivity contribution in [2.45, 2.75) is 44.4 Å². The minimum atomic E-state index is -4.64. The Labute approximate surface area is 220 Å². The van der Waals surface area contributed by atoms with Gasteiger partial charge in [0.2, 0.25) is 11.8 Å². The number of alkyl halides is 3. The van der Waals surface area contributed by atoms with E-state index in [9.17, 15) is 31.9 Å². The number of Topliss-reactive ketones (excluding diaryl/α,β-unsaturated/α-hetero) is 1. The molecule has 3 N–H and O–H groups in total. The fourth-order valence-electron chi connectivity index (χ4n) is 4.62. The number of nitrogens with zero attached hydrogens (tertiary/aromatic N) is 2. The van der Waals surface area contributed by atoms with Gasteiger partial charge in [-0.15, -0.1) is 0 Å². The largest absolute Gasteiger partial charge is 0.389 e. The predicted molar refractivity (Wildman–Crippen MR) is 131 cm³/mol. The van der Waals surface area contributed by atoms with Crippen molar-refractivity contribution in [3.8, 4) is 0 Å². The number of benzene rings is 2. The summed E-state index contributed by atoms with van der Waals surface area (Å²) in [6, 6.07) is 12.8. The van der Waals surface area contributed by atoms with Crippen LogP contribution < -0.4 is 11.1 Å². The first-order valence-corrected chi connectivity index (χ1v) is 12.0. The number of hydrogen-bond acceptors (Lipinski definition) is 6. The zero-order valence-electron chi connectivity index (χ0n) is 20.7. The number of rotatable bonds is 8. The number of aromatic nitrogens is 1. The topological polar surface area (TPSA) is 128 Å². The molecular formula is C27H24F4N4O4. The second-order valence-corrected chi connectivity index (χ2v) is 9.16. The lowest BCUT2D eigenvalue weighted by Crippen LogP contribution is -2.46. The summed E-state index contributed by atoms with van der Waals surface area (Å²) in [5.74, 6) is -6.61. The third-order valence-corrected chi connectivity index (χ3v) is 6.52. The molecule has 3 atom stereocenters. The first-order chi connectivity index (χ1) is 18.5. The van der Waals surface area contributed by atoms with Gasteiger partial charge in [0.1, 0.15) is 12.1 Å². The average molecular weight is 545 g/mol. The molecule has 204 valence electrons. The molecule has 4 rings (SSSR count). The molecule has 3 aromatic rings. The Kier molecular flexibility index (Phi) is 7.93. The molecule has 12 heteroatoms. The number of primary amides is 1. The number of nitrogens with one attached hydrogen (secondary N) is 1. The van der Waals surface area contributed by atoms with Crippen molar-refractivity contribution in [3.63, 3.8) is 0 Å². The van der Waals surface area contributed by atoms with Gasteiger partial charge in [0.15, 0.2) is 11.9 Å². The Bertz CT molecular complexity index is 1420. The number of carbonyl (C=O) groups is 3. The van der Waals surface area contributed by atoms with Gasteiger partial charge in [0.05, 0.1) is 23.2 Å². The maximum Gasteiger partial charge on any atom is 0.389 e. The molecule has 2 amide bonds. The molecule has 1 aliphatic rings. The van der Waals surface area contributed by atoms with Gasteiger partial charge in [0, 0.05) is 35.1 Å². The first-order valence-electron chi connectivity index (χ1n) is 12.0. The van der Waals surface area contributed by atoms with E-state index in [2.05, 4.69) is 15.5 Å². The number of nitrogens with two attached hydrogens (primary N) is 1. The molecule has 2 aromatic carbocycles. The molecule has 8 nitrogen and oxygen atoms in total. The molecule has 0 saturated carbocycles. The van der Waals surface area contributed by atoms with Crippen LogP contribution in [0.5, 0.6) is 0 Å². The van der Waals surface area contributed by atoms with Crippen LogP contribution in [0.15, 0.2) is 64.3 Å². The summed E-state index contributed by atoms with van der Waals surface area (Å²) in [6.07, 6.45) is -7.79. The third kappa shape index (κ3) is 6.21. The normalized spacial score (nSPS) is 17.0. The molecular weight excluding hydrogens is 520 g/mol. The zero-order valence-corrected chi connectivity index (χ0v) is 20.7. The van der Waals surface area contributed by atoms with Crippen LogP contribution in [0.3, 0.4) is 0 Å². The van der Waals surface area contributed by atoms with E-state index in [0.29, 0.717) is 11.1 Å². The SMILES string of the molecule is Cc1nocc1[C@H](C(N)=O)[C@@H](CCC(F)(F)F)C(=O)N[C@H]1N=C(c2ccccc2)c2cccc(F)c2CC1=O. The maximum atomic E-state index is 14.8. The zero-order chi connectivity index (χ0) is 28.3. The van der Waals surface area contributed by atoms with Crippen molar-refractivity contribution in [2.24, 2.45) is 16.6 Å². The lowest BCUT2D eigenvalue weighted by atomic mass is 9.82. The van der Waals surface area contributed by atoms with E-state index in [-0.39, 0.29) is 22.5 Å². The van der Waals surface area contributed by atoms with Gasteiger partial charge in [-0.25, -0.2) is 4.39 Å². The molecule has 2 heterocycles. The van der Waals surface area contributed by atoms with Crippen LogP contribution >= 0.6 is 0 Å². The minimum absolute atomic E-state index is 0.0555. The van der Waals surface area contributed by atoms with E-state index < -0.39 is 66.9 Å². The van der Waals surface area contributed by atoms with E-state index in [0.717, 1.165) is 6.26 Å². The van der Waals surface area contributed by atoms with E-state index in [4.69, 9.17) is 10.3 Å². The number of aliphatic imine (C=N–C) groups is 1. The molecule has 0 fully saturated rings. The van der Waals surface area contributed by atoms with Crippen LogP contribution in [0.2, 0.25) is 0 Å². The van der Waals surface area contributed by atoms with Crippen molar-refractivity contribution in [3.05, 3.63) is 88.6 Å². The van der Waals surface area contributed by atoms with Crippen LogP contribution in [0, 0.1) is 18.7 Å². The quantitative estimate of drug-likeness (QED) is 0.418. The van der Waals surface area contributed by atoms with Crippen molar-refractivity contribution in [1.29, 1.82) is 0 Å². The number of hydrogen-bond donors (Lipinski definition) is 2. The Morgan fingerprint density at radius 1 is 1.15 bits per heavy atom. The average Bonchev–Trinajstić information content (AvgIpc) is 3.23. The van der Waals surface area contributed by atoms with Crippen molar-refractivity contribution in [1.82, 2.24) is 10.5 Å². The molecule has 1 aromatic heterocycles. The number of aryl methyl sites for hydroxylation is 1. The van der Waals surface area contributed by atoms with Gasteiger partial charge in [-0.2, -0.15) is 13.2 Å². The highest BCUT2D eigenvalue weighted by atomic mass is 19.4. The van der Waals surface area contributed by atoms with Crippen molar-refractivity contribution >= 4 is 23.3 Å². The van der Waals surface area contributed by atoms with E-state index >= 15 is 0 Å². The summed E-state index contributed by atoms with van der Waals surface area (Å²) < 4.78 is 59.1. The first kappa shape index (κ1) is 27.7. The van der Waals surface area contributed by atoms with Crippen LogP contribution in [0.1, 0.15) is 46.7 Å². The summed E-state index contributed by atoms with van der Waals surface area (Å²) in [4.78, 5) is 43.5. The molecule has 39 heavy (non-hydrogen) atoms. The monoisotopic (exact) mass is 544 g/mol. The Morgan fingerprint density at radius 2 is 1.87 bits per heavy atom. The standard InChI is InChI=1S/C27H24F4N4O4/c1-14-19(13-39-35-14)22(24(32)37)17(10-11-27(29,30)31)26(38)34-25-21(36)12-18-16(8-5-9-20(18)28)23(33-25)15-6-3-2-4-7-15/h2-9,13,17,22,25H,10-12H2,1H3,(H2,32,37)(H,34,38)/t17-,22-,25-/m1/s1. The summed E-state index contributed by atoms with van der Waals surface area (Å²) in [6.45, 7) is 1.45. The van der Waals surface area contributed by atoms with Gasteiger partial charge in [0.25, 0.3) is 0 Å². The fourth-order valence-corrected chi connectivity index (χ4v) is 4.62. The maximum absolute atomic E-state index is 14.8. The fraction of sp³-hybridized carbons (Fsp3) is 0.296. The molecule has 0 unspecified atom stereocenters. The molecule has 0 radical (unpaired) electrons. The van der Waals surface area contributed by atoms with E-state index in [1.165, 1.54) is 19.1 Å². The third-order valence-electron chi connectivity index (χ3n) is 6.52. The van der Waals surface area contributed by atoms with Crippen LogP contribution in [-0.2, 0) is 20.8 Å². The number of ketones is 1. The lowest BCUT2D eigenvalue weighted by Gasteiger charge is -2.25. The molecule has 1 aliphatic heterocycles. The van der Waals surface area contributed by atoms with Gasteiger partial charge < -0.3 is 15.6 Å².